The van der Waals surface area contributed by atoms with Crippen molar-refractivity contribution in [2.45, 2.75) is 33.2 Å². The number of nitrogens with one attached hydrogen (secondary N) is 1. The largest absolute Gasteiger partial charge is 0.480 e. The second-order valence-corrected chi connectivity index (χ2v) is 5.29. The third-order valence-electron chi connectivity index (χ3n) is 2.50. The van der Waals surface area contributed by atoms with Gasteiger partial charge in [0.15, 0.2) is 5.82 Å². The van der Waals surface area contributed by atoms with E-state index < -0.39 is 11.5 Å². The van der Waals surface area contributed by atoms with Crippen molar-refractivity contribution >= 4 is 17.7 Å². The van der Waals surface area contributed by atoms with Gasteiger partial charge in [0.25, 0.3) is 0 Å². The molecule has 0 bridgehead atoms. The predicted octanol–water partition coefficient (Wildman–Crippen LogP) is 1.11. The molecule has 0 aliphatic carbocycles. The monoisotopic (exact) mass is 269 g/mol. The van der Waals surface area contributed by atoms with Crippen LogP contribution in [-0.4, -0.2) is 45.7 Å². The molecule has 0 atom stereocenters. The molecule has 0 fully saturated rings. The van der Waals surface area contributed by atoms with Crippen LogP contribution in [0.4, 0.5) is 5.82 Å². The number of anilines is 1. The smallest absolute Gasteiger partial charge is 0.317 e. The van der Waals surface area contributed by atoms with Gasteiger partial charge in [0.1, 0.15) is 5.76 Å². The number of aryl methyl sites for hydroxylation is 1. The number of carboxylic acid groups (broad SMARTS) is 1. The summed E-state index contributed by atoms with van der Waals surface area (Å²) in [6, 6.07) is 1.59. The number of carbonyl (C=O) groups is 2. The lowest BCUT2D eigenvalue weighted by molar-refractivity contribution is -0.140. The van der Waals surface area contributed by atoms with Gasteiger partial charge in [0.05, 0.1) is 13.1 Å². The molecule has 2 N–H and O–H groups in total. The van der Waals surface area contributed by atoms with E-state index >= 15 is 0 Å². The van der Waals surface area contributed by atoms with Crippen molar-refractivity contribution in [2.75, 3.05) is 18.4 Å². The Morgan fingerprint density at radius 3 is 2.47 bits per heavy atom. The molecule has 0 unspecified atom stereocenters. The molecule has 1 amide bonds. The SMILES string of the molecule is Cc1cc(NC(=O)CN(CC(=O)O)C(C)(C)C)no1. The van der Waals surface area contributed by atoms with Crippen molar-refractivity contribution in [3.05, 3.63) is 11.8 Å². The number of aromatic nitrogens is 1. The van der Waals surface area contributed by atoms with Crippen LogP contribution < -0.4 is 5.32 Å². The minimum Gasteiger partial charge on any atom is -0.480 e. The molecular weight excluding hydrogens is 250 g/mol. The Balaban J connectivity index is 2.63. The van der Waals surface area contributed by atoms with Gasteiger partial charge < -0.3 is 14.9 Å². The van der Waals surface area contributed by atoms with Gasteiger partial charge in [-0.15, -0.1) is 0 Å². The van der Waals surface area contributed by atoms with Crippen LogP contribution in [0.1, 0.15) is 26.5 Å². The van der Waals surface area contributed by atoms with Crippen LogP contribution in [0.2, 0.25) is 0 Å². The lowest BCUT2D eigenvalue weighted by Crippen LogP contribution is -2.48. The highest BCUT2D eigenvalue weighted by atomic mass is 16.5. The molecule has 0 aliphatic heterocycles. The number of hydrogen-bond donors (Lipinski definition) is 2. The Morgan fingerprint density at radius 2 is 2.05 bits per heavy atom. The predicted molar refractivity (Wildman–Crippen MR) is 68.8 cm³/mol. The van der Waals surface area contributed by atoms with E-state index in [9.17, 15) is 9.59 Å². The first-order chi connectivity index (χ1) is 8.68. The Bertz CT molecular complexity index is 462. The van der Waals surface area contributed by atoms with Crippen molar-refractivity contribution in [1.82, 2.24) is 10.1 Å². The fourth-order valence-electron chi connectivity index (χ4n) is 1.47. The van der Waals surface area contributed by atoms with Crippen molar-refractivity contribution in [3.63, 3.8) is 0 Å². The first kappa shape index (κ1) is 15.2. The molecule has 19 heavy (non-hydrogen) atoms. The zero-order valence-electron chi connectivity index (χ0n) is 11.6. The molecule has 0 saturated heterocycles. The lowest BCUT2D eigenvalue weighted by Gasteiger charge is -2.33. The average Bonchev–Trinajstić information content (AvgIpc) is 2.60. The van der Waals surface area contributed by atoms with E-state index in [0.29, 0.717) is 11.6 Å². The summed E-state index contributed by atoms with van der Waals surface area (Å²) in [5.41, 5.74) is -0.421. The molecule has 0 spiro atoms. The van der Waals surface area contributed by atoms with Crippen LogP contribution >= 0.6 is 0 Å². The number of aliphatic carboxylic acids is 1. The maximum atomic E-state index is 11.8. The molecule has 0 saturated carbocycles. The Labute approximate surface area is 111 Å². The first-order valence-corrected chi connectivity index (χ1v) is 5.88. The van der Waals surface area contributed by atoms with Gasteiger partial charge in [-0.05, 0) is 27.7 Å². The van der Waals surface area contributed by atoms with Crippen molar-refractivity contribution in [3.8, 4) is 0 Å². The summed E-state index contributed by atoms with van der Waals surface area (Å²) >= 11 is 0. The quantitative estimate of drug-likeness (QED) is 0.831. The van der Waals surface area contributed by atoms with E-state index in [2.05, 4.69) is 10.5 Å². The van der Waals surface area contributed by atoms with E-state index in [4.69, 9.17) is 9.63 Å². The first-order valence-electron chi connectivity index (χ1n) is 5.88. The number of carbonyl (C=O) groups excluding carboxylic acids is 1. The summed E-state index contributed by atoms with van der Waals surface area (Å²) in [5, 5.41) is 15.1. The van der Waals surface area contributed by atoms with E-state index in [-0.39, 0.29) is 19.0 Å². The highest BCUT2D eigenvalue weighted by Crippen LogP contribution is 2.13. The van der Waals surface area contributed by atoms with Crippen molar-refractivity contribution < 1.29 is 19.2 Å². The summed E-state index contributed by atoms with van der Waals surface area (Å²) in [4.78, 5) is 24.2. The maximum absolute atomic E-state index is 11.8. The highest BCUT2D eigenvalue weighted by Gasteiger charge is 2.25. The zero-order valence-corrected chi connectivity index (χ0v) is 11.6. The van der Waals surface area contributed by atoms with Gasteiger partial charge in [0.2, 0.25) is 5.91 Å². The normalized spacial score (nSPS) is 11.6. The molecule has 7 nitrogen and oxygen atoms in total. The van der Waals surface area contributed by atoms with Crippen molar-refractivity contribution in [1.29, 1.82) is 0 Å². The third kappa shape index (κ3) is 5.09. The maximum Gasteiger partial charge on any atom is 0.317 e. The van der Waals surface area contributed by atoms with Gasteiger partial charge in [-0.2, -0.15) is 0 Å². The standard InChI is InChI=1S/C12H19N3O4/c1-8-5-9(14-19-8)13-10(16)6-15(7-11(17)18)12(2,3)4/h5H,6-7H2,1-4H3,(H,17,18)(H,13,14,16). The molecule has 1 aromatic heterocycles. The van der Waals surface area contributed by atoms with E-state index in [1.807, 2.05) is 20.8 Å². The minimum absolute atomic E-state index is 0.0261. The van der Waals surface area contributed by atoms with Crippen LogP contribution in [-0.2, 0) is 9.59 Å². The molecule has 0 radical (unpaired) electrons. The highest BCUT2D eigenvalue weighted by molar-refractivity contribution is 5.91. The molecule has 0 aromatic carbocycles. The molecule has 1 heterocycles. The summed E-state index contributed by atoms with van der Waals surface area (Å²) in [5.74, 6) is -0.385. The van der Waals surface area contributed by atoms with Gasteiger partial charge in [-0.25, -0.2) is 0 Å². The van der Waals surface area contributed by atoms with E-state index in [1.165, 1.54) is 0 Å². The number of amides is 1. The Kier molecular flexibility index (Phi) is 4.66. The van der Waals surface area contributed by atoms with Crippen LogP contribution in [0, 0.1) is 6.92 Å². The molecule has 7 heteroatoms. The fourth-order valence-corrected chi connectivity index (χ4v) is 1.47. The molecule has 0 aliphatic rings. The number of hydrogen-bond acceptors (Lipinski definition) is 5. The van der Waals surface area contributed by atoms with Gasteiger partial charge in [-0.3, -0.25) is 14.5 Å². The number of nitrogens with zero attached hydrogens (tertiary/aromatic N) is 2. The number of carboxylic acids is 1. The average molecular weight is 269 g/mol. The topological polar surface area (TPSA) is 95.7 Å². The molecule has 1 aromatic rings. The van der Waals surface area contributed by atoms with Crippen LogP contribution in [0.3, 0.4) is 0 Å². The van der Waals surface area contributed by atoms with Crippen LogP contribution in [0.15, 0.2) is 10.6 Å². The zero-order chi connectivity index (χ0) is 14.6. The Hall–Kier alpha value is -1.89. The van der Waals surface area contributed by atoms with E-state index in [0.717, 1.165) is 0 Å². The van der Waals surface area contributed by atoms with Gasteiger partial charge in [0, 0.05) is 11.6 Å². The van der Waals surface area contributed by atoms with Crippen molar-refractivity contribution in [2.24, 2.45) is 0 Å². The van der Waals surface area contributed by atoms with Gasteiger partial charge >= 0.3 is 5.97 Å². The summed E-state index contributed by atoms with van der Waals surface area (Å²) < 4.78 is 4.83. The summed E-state index contributed by atoms with van der Waals surface area (Å²) in [6.07, 6.45) is 0. The molecule has 106 valence electrons. The third-order valence-corrected chi connectivity index (χ3v) is 2.50. The molecular formula is C12H19N3O4. The minimum atomic E-state index is -0.972. The fraction of sp³-hybridized carbons (Fsp3) is 0.583. The lowest BCUT2D eigenvalue weighted by atomic mass is 10.1. The van der Waals surface area contributed by atoms with Gasteiger partial charge in [-0.1, -0.05) is 5.16 Å². The van der Waals surface area contributed by atoms with Crippen LogP contribution in [0.25, 0.3) is 0 Å². The van der Waals surface area contributed by atoms with E-state index in [1.54, 1.807) is 17.9 Å². The van der Waals surface area contributed by atoms with Crippen LogP contribution in [0.5, 0.6) is 0 Å². The summed E-state index contributed by atoms with van der Waals surface area (Å²) in [7, 11) is 0. The molecule has 1 rings (SSSR count). The summed E-state index contributed by atoms with van der Waals surface area (Å²) in [6.45, 7) is 7.04. The second kappa shape index (κ2) is 5.83. The Morgan fingerprint density at radius 1 is 1.42 bits per heavy atom. The second-order valence-electron chi connectivity index (χ2n) is 5.29. The number of rotatable bonds is 5.